The minimum Gasteiger partial charge on any atom is -0.497 e. The van der Waals surface area contributed by atoms with E-state index in [1.807, 2.05) is 6.08 Å². The summed E-state index contributed by atoms with van der Waals surface area (Å²) in [7, 11) is 0. The minimum absolute atomic E-state index is 0.278. The molecule has 0 spiro atoms. The Morgan fingerprint density at radius 1 is 1.75 bits per heavy atom. The Bertz CT molecular complexity index is 90.5. The molecule has 1 aliphatic rings. The smallest absolute Gasteiger partial charge is 0.110 e. The molecule has 0 unspecified atom stereocenters. The Morgan fingerprint density at radius 2 is 2.62 bits per heavy atom. The van der Waals surface area contributed by atoms with E-state index in [0.29, 0.717) is 6.54 Å². The van der Waals surface area contributed by atoms with Gasteiger partial charge >= 0.3 is 0 Å². The van der Waals surface area contributed by atoms with Crippen molar-refractivity contribution < 1.29 is 4.74 Å². The molecule has 46 valence electrons. The number of nitrogens with two attached hydrogens (primary N) is 1. The standard InChI is InChI=1S/C6H11NO/c7-5-6-3-1-2-4-8-6/h2,4,6H,1,3,5,7H2/t6-/m0/s1. The summed E-state index contributed by atoms with van der Waals surface area (Å²) in [6.45, 7) is 0.643. The predicted octanol–water partition coefficient (Wildman–Crippen LogP) is 0.638. The molecule has 2 heteroatoms. The van der Waals surface area contributed by atoms with Gasteiger partial charge in [-0.2, -0.15) is 0 Å². The lowest BCUT2D eigenvalue weighted by Crippen LogP contribution is -2.22. The van der Waals surface area contributed by atoms with E-state index in [0.717, 1.165) is 12.8 Å². The van der Waals surface area contributed by atoms with Gasteiger partial charge in [-0.25, -0.2) is 0 Å². The van der Waals surface area contributed by atoms with E-state index in [9.17, 15) is 0 Å². The summed E-state index contributed by atoms with van der Waals surface area (Å²) >= 11 is 0. The summed E-state index contributed by atoms with van der Waals surface area (Å²) < 4.78 is 5.12. The van der Waals surface area contributed by atoms with Crippen LogP contribution in [0.3, 0.4) is 0 Å². The van der Waals surface area contributed by atoms with Crippen molar-refractivity contribution in [1.82, 2.24) is 0 Å². The first kappa shape index (κ1) is 5.63. The van der Waals surface area contributed by atoms with Crippen LogP contribution in [0.1, 0.15) is 12.8 Å². The van der Waals surface area contributed by atoms with Crippen LogP contribution in [-0.2, 0) is 4.74 Å². The first-order chi connectivity index (χ1) is 3.93. The third-order valence-corrected chi connectivity index (χ3v) is 1.29. The van der Waals surface area contributed by atoms with Crippen LogP contribution in [-0.4, -0.2) is 12.6 Å². The summed E-state index contributed by atoms with van der Waals surface area (Å²) in [6.07, 6.45) is 6.22. The molecule has 2 N–H and O–H groups in total. The fourth-order valence-corrected chi connectivity index (χ4v) is 0.758. The van der Waals surface area contributed by atoms with Crippen LogP contribution in [0, 0.1) is 0 Å². The number of hydrogen-bond donors (Lipinski definition) is 1. The molecule has 1 aliphatic heterocycles. The number of rotatable bonds is 1. The Balaban J connectivity index is 2.27. The van der Waals surface area contributed by atoms with Crippen LogP contribution < -0.4 is 5.73 Å². The molecule has 0 aromatic rings. The van der Waals surface area contributed by atoms with Gasteiger partial charge in [-0.05, 0) is 18.9 Å². The zero-order valence-electron chi connectivity index (χ0n) is 4.84. The molecule has 2 nitrogen and oxygen atoms in total. The molecule has 0 amide bonds. The Labute approximate surface area is 49.3 Å². The monoisotopic (exact) mass is 113 g/mol. The maximum Gasteiger partial charge on any atom is 0.110 e. The number of ether oxygens (including phenoxy) is 1. The zero-order chi connectivity index (χ0) is 5.82. The van der Waals surface area contributed by atoms with Gasteiger partial charge in [0.1, 0.15) is 6.10 Å². The number of hydrogen-bond acceptors (Lipinski definition) is 2. The van der Waals surface area contributed by atoms with E-state index in [4.69, 9.17) is 10.5 Å². The van der Waals surface area contributed by atoms with Crippen LogP contribution in [0.15, 0.2) is 12.3 Å². The van der Waals surface area contributed by atoms with Gasteiger partial charge in [-0.3, -0.25) is 0 Å². The average molecular weight is 113 g/mol. The van der Waals surface area contributed by atoms with Crippen molar-refractivity contribution in [3.8, 4) is 0 Å². The molecule has 8 heavy (non-hydrogen) atoms. The summed E-state index contributed by atoms with van der Waals surface area (Å²) in [6, 6.07) is 0. The van der Waals surface area contributed by atoms with Crippen LogP contribution in [0.2, 0.25) is 0 Å². The van der Waals surface area contributed by atoms with E-state index in [1.54, 1.807) is 6.26 Å². The predicted molar refractivity (Wildman–Crippen MR) is 32.3 cm³/mol. The summed E-state index contributed by atoms with van der Waals surface area (Å²) in [4.78, 5) is 0. The van der Waals surface area contributed by atoms with Crippen molar-refractivity contribution in [2.45, 2.75) is 18.9 Å². The molecule has 0 aromatic carbocycles. The van der Waals surface area contributed by atoms with Crippen molar-refractivity contribution in [2.24, 2.45) is 5.73 Å². The van der Waals surface area contributed by atoms with E-state index < -0.39 is 0 Å². The molecule has 1 heterocycles. The average Bonchev–Trinajstić information content (AvgIpc) is 1.90. The van der Waals surface area contributed by atoms with Gasteiger partial charge < -0.3 is 10.5 Å². The first-order valence-electron chi connectivity index (χ1n) is 2.94. The Hall–Kier alpha value is -0.500. The highest BCUT2D eigenvalue weighted by atomic mass is 16.5. The van der Waals surface area contributed by atoms with Crippen LogP contribution in [0.5, 0.6) is 0 Å². The van der Waals surface area contributed by atoms with E-state index in [-0.39, 0.29) is 6.10 Å². The van der Waals surface area contributed by atoms with E-state index in [1.165, 1.54) is 0 Å². The quantitative estimate of drug-likeness (QED) is 0.541. The summed E-state index contributed by atoms with van der Waals surface area (Å²) in [5.74, 6) is 0. The molecule has 1 rings (SSSR count). The van der Waals surface area contributed by atoms with Crippen molar-refractivity contribution in [3.63, 3.8) is 0 Å². The fraction of sp³-hybridized carbons (Fsp3) is 0.667. The Morgan fingerprint density at radius 3 is 3.00 bits per heavy atom. The third kappa shape index (κ3) is 1.23. The molecule has 0 radical (unpaired) electrons. The first-order valence-corrected chi connectivity index (χ1v) is 2.94. The van der Waals surface area contributed by atoms with Gasteiger partial charge in [0, 0.05) is 6.54 Å². The molecule has 1 atom stereocenters. The van der Waals surface area contributed by atoms with E-state index in [2.05, 4.69) is 0 Å². The van der Waals surface area contributed by atoms with Gasteiger partial charge in [0.2, 0.25) is 0 Å². The van der Waals surface area contributed by atoms with Gasteiger partial charge in [0.05, 0.1) is 6.26 Å². The normalized spacial score (nSPS) is 27.4. The molecule has 0 fully saturated rings. The lowest BCUT2D eigenvalue weighted by atomic mass is 10.2. The highest BCUT2D eigenvalue weighted by Crippen LogP contribution is 2.07. The van der Waals surface area contributed by atoms with Crippen molar-refractivity contribution >= 4 is 0 Å². The minimum atomic E-state index is 0.278. The van der Waals surface area contributed by atoms with Gasteiger partial charge in [0.25, 0.3) is 0 Å². The molecular formula is C6H11NO. The van der Waals surface area contributed by atoms with Crippen molar-refractivity contribution in [2.75, 3.05) is 6.54 Å². The maximum absolute atomic E-state index is 5.34. The molecule has 0 aliphatic carbocycles. The van der Waals surface area contributed by atoms with Gasteiger partial charge in [-0.1, -0.05) is 0 Å². The largest absolute Gasteiger partial charge is 0.497 e. The van der Waals surface area contributed by atoms with Crippen LogP contribution >= 0.6 is 0 Å². The second kappa shape index (κ2) is 2.72. The second-order valence-electron chi connectivity index (χ2n) is 1.94. The maximum atomic E-state index is 5.34. The molecular weight excluding hydrogens is 102 g/mol. The second-order valence-corrected chi connectivity index (χ2v) is 1.94. The Kier molecular flexibility index (Phi) is 1.92. The zero-order valence-corrected chi connectivity index (χ0v) is 4.84. The van der Waals surface area contributed by atoms with Gasteiger partial charge in [-0.15, -0.1) is 0 Å². The molecule has 0 aromatic heterocycles. The summed E-state index contributed by atoms with van der Waals surface area (Å²) in [5, 5.41) is 0. The van der Waals surface area contributed by atoms with Gasteiger partial charge in [0.15, 0.2) is 0 Å². The SMILES string of the molecule is NC[C@@H]1CCC=CO1. The summed E-state index contributed by atoms with van der Waals surface area (Å²) in [5.41, 5.74) is 5.34. The van der Waals surface area contributed by atoms with Crippen LogP contribution in [0.4, 0.5) is 0 Å². The van der Waals surface area contributed by atoms with Crippen molar-refractivity contribution in [3.05, 3.63) is 12.3 Å². The van der Waals surface area contributed by atoms with Crippen LogP contribution in [0.25, 0.3) is 0 Å². The highest BCUT2D eigenvalue weighted by Gasteiger charge is 2.06. The molecule has 0 saturated heterocycles. The number of allylic oxidation sites excluding steroid dienone is 1. The topological polar surface area (TPSA) is 35.2 Å². The van der Waals surface area contributed by atoms with Crippen molar-refractivity contribution in [1.29, 1.82) is 0 Å². The van der Waals surface area contributed by atoms with E-state index >= 15 is 0 Å². The highest BCUT2D eigenvalue weighted by molar-refractivity contribution is 4.82. The molecule has 0 bridgehead atoms. The molecule has 0 saturated carbocycles. The lowest BCUT2D eigenvalue weighted by Gasteiger charge is -2.16. The third-order valence-electron chi connectivity index (χ3n) is 1.29. The fourth-order valence-electron chi connectivity index (χ4n) is 0.758. The lowest BCUT2D eigenvalue weighted by molar-refractivity contribution is 0.131.